The van der Waals surface area contributed by atoms with Gasteiger partial charge in [-0.15, -0.1) is 0 Å². The average Bonchev–Trinajstić information content (AvgIpc) is 4.24. The number of aliphatic carboxylic acids is 1. The summed E-state index contributed by atoms with van der Waals surface area (Å²) < 4.78 is 30.9. The number of H-pyrrole nitrogens is 1. The molecule has 22 heteroatoms. The van der Waals surface area contributed by atoms with Crippen molar-refractivity contribution in [3.05, 3.63) is 141 Å². The summed E-state index contributed by atoms with van der Waals surface area (Å²) in [5.41, 5.74) is 5.91. The summed E-state index contributed by atoms with van der Waals surface area (Å²) in [5.74, 6) is -3.59. The first-order chi connectivity index (χ1) is 36.9. The molecule has 404 valence electrons. The lowest BCUT2D eigenvalue weighted by Gasteiger charge is -2.69. The number of aliphatic hydroxyl groups is 6. The number of phenolic OH excluding ortho intramolecular Hbond substituents is 2. The number of hydrogen-bond acceptors (Lipinski definition) is 20. The van der Waals surface area contributed by atoms with E-state index < -0.39 is 106 Å². The lowest BCUT2D eigenvalue weighted by atomic mass is 9.39. The first kappa shape index (κ1) is 50.4. The van der Waals surface area contributed by atoms with Crippen LogP contribution in [-0.4, -0.2) is 125 Å². The van der Waals surface area contributed by atoms with E-state index in [2.05, 4.69) is 27.0 Å². The van der Waals surface area contributed by atoms with E-state index in [4.69, 9.17) is 34.8 Å². The number of rotatable bonds is 13. The summed E-state index contributed by atoms with van der Waals surface area (Å²) in [4.78, 5) is 30.9. The van der Waals surface area contributed by atoms with Crippen LogP contribution in [0, 0.1) is 22.7 Å². The molecule has 7 aliphatic rings. The molecule has 2 aromatic heterocycles. The largest absolute Gasteiger partial charge is 0.508 e. The van der Waals surface area contributed by atoms with E-state index in [1.54, 1.807) is 12.1 Å². The number of nitrogen functional groups attached to an aromatic ring is 1. The van der Waals surface area contributed by atoms with E-state index in [1.807, 2.05) is 12.2 Å². The first-order valence-electron chi connectivity index (χ1n) is 25.4. The van der Waals surface area contributed by atoms with Crippen LogP contribution in [0.15, 0.2) is 129 Å². The van der Waals surface area contributed by atoms with Gasteiger partial charge in [0.15, 0.2) is 34.7 Å². The molecule has 2 saturated carbocycles. The van der Waals surface area contributed by atoms with Crippen molar-refractivity contribution in [1.82, 2.24) is 20.9 Å². The normalized spacial score (nSPS) is 32.1. The van der Waals surface area contributed by atoms with Crippen molar-refractivity contribution in [3.8, 4) is 40.1 Å². The maximum atomic E-state index is 14.2. The van der Waals surface area contributed by atoms with Crippen LogP contribution in [0.25, 0.3) is 22.3 Å². The Hall–Kier alpha value is -7.38. The van der Waals surface area contributed by atoms with Gasteiger partial charge in [-0.1, -0.05) is 24.3 Å². The molecule has 0 unspecified atom stereocenters. The number of carboxylic acid groups (broad SMARTS) is 1. The number of carboxylic acids is 1. The minimum Gasteiger partial charge on any atom is -0.508 e. The molecule has 3 aromatic carbocycles. The molecule has 5 aromatic rings. The fourth-order valence-electron chi connectivity index (χ4n) is 13.8. The Morgan fingerprint density at radius 3 is 2.49 bits per heavy atom. The summed E-state index contributed by atoms with van der Waals surface area (Å²) in [7, 11) is 0. The third-order valence-electron chi connectivity index (χ3n) is 17.1. The highest BCUT2D eigenvalue weighted by Gasteiger charge is 2.81. The highest BCUT2D eigenvalue weighted by Crippen LogP contribution is 2.74. The van der Waals surface area contributed by atoms with E-state index >= 15 is 0 Å². The van der Waals surface area contributed by atoms with Gasteiger partial charge in [0, 0.05) is 65.6 Å². The zero-order valence-electron chi connectivity index (χ0n) is 41.1. The van der Waals surface area contributed by atoms with E-state index in [-0.39, 0.29) is 53.2 Å². The van der Waals surface area contributed by atoms with Crippen LogP contribution in [0.5, 0.6) is 28.7 Å². The molecule has 13 atom stereocenters. The Balaban J connectivity index is 0.996. The molecule has 22 nitrogen and oxygen atoms in total. The van der Waals surface area contributed by atoms with E-state index in [0.717, 1.165) is 29.7 Å². The molecule has 0 radical (unpaired) electrons. The number of aromatic hydroxyl groups is 2. The van der Waals surface area contributed by atoms with Gasteiger partial charge in [0.25, 0.3) is 0 Å². The van der Waals surface area contributed by atoms with Crippen LogP contribution >= 0.6 is 0 Å². The Morgan fingerprint density at radius 1 is 0.974 bits per heavy atom. The average molecular weight is 1060 g/mol. The summed E-state index contributed by atoms with van der Waals surface area (Å²) in [5, 5.41) is 116. The molecule has 77 heavy (non-hydrogen) atoms. The van der Waals surface area contributed by atoms with Crippen molar-refractivity contribution >= 4 is 22.8 Å². The molecule has 2 saturated heterocycles. The molecule has 12 rings (SSSR count). The van der Waals surface area contributed by atoms with Gasteiger partial charge < -0.3 is 96.4 Å². The highest BCUT2D eigenvalue weighted by molar-refractivity contribution is 5.90. The molecule has 4 fully saturated rings. The fraction of sp³-hybridized carbons (Fsp3) is 0.382. The number of benzene rings is 3. The topological polar surface area (TPSA) is 370 Å². The molecular weight excluding hydrogens is 1000 g/mol. The second-order valence-electron chi connectivity index (χ2n) is 21.0. The number of fused-ring (bicyclic) bond motifs is 5. The number of aromatic nitrogens is 1. The van der Waals surface area contributed by atoms with Crippen LogP contribution in [0.4, 0.5) is 5.82 Å². The number of nitrogens with one attached hydrogen (secondary N) is 4. The number of carbonyl (C=O) groups is 1. The Labute approximate surface area is 438 Å². The van der Waals surface area contributed by atoms with Crippen molar-refractivity contribution in [1.29, 1.82) is 0 Å². The van der Waals surface area contributed by atoms with Crippen molar-refractivity contribution in [2.45, 2.75) is 79.9 Å². The number of ether oxygens (including phenoxy) is 4. The number of aromatic amines is 1. The minimum absolute atomic E-state index is 0.0126. The Morgan fingerprint density at radius 2 is 1.78 bits per heavy atom. The number of allylic oxidation sites excluding steroid dienone is 3. The predicted octanol–water partition coefficient (Wildman–Crippen LogP) is 1.86. The maximum absolute atomic E-state index is 14.2. The Bertz CT molecular complexity index is 3390. The van der Waals surface area contributed by atoms with Crippen LogP contribution in [0.1, 0.15) is 49.3 Å². The number of anilines is 1. The molecule has 5 heterocycles. The van der Waals surface area contributed by atoms with Gasteiger partial charge in [-0.05, 0) is 115 Å². The van der Waals surface area contributed by atoms with Gasteiger partial charge in [0.1, 0.15) is 51.9 Å². The molecule has 17 N–H and O–H groups in total. The smallest absolute Gasteiger partial charge is 0.336 e. The van der Waals surface area contributed by atoms with Gasteiger partial charge in [0.2, 0.25) is 18.3 Å². The maximum Gasteiger partial charge on any atom is 0.336 e. The zero-order chi connectivity index (χ0) is 53.9. The third-order valence-corrected chi connectivity index (χ3v) is 17.1. The van der Waals surface area contributed by atoms with Crippen LogP contribution in [0.2, 0.25) is 0 Å². The standard InChI is InChI=1S/C55H58N6O16/c56-41-13-12-33(61-41)44(65)38(23-62)73-31-10-5-25(6-11-31)35-18-34(64)43-36(74-35)19-37(46(45(43)66)76-49(69)26-2-1-3-30(63)16-26)75-51-53(71)20-39-52(40-22-58-24-60-40,55(72,50(53)70)47(77-51)48(67)68)15-14-29-9-8-28-7-4-27-21-59-42(57)17-32(27)54(28,29)39/h1-7,10-13,16-20,28-29,38,40,44,47,49-51,58-63,65-66,69-72H,8-9,14-15,21-24,56-57H2,(H,67,68)/t28-,29+,38-,40+,44+,47+,49-,50-,51+,52-,53+,54+,55-/m0/s1. The van der Waals surface area contributed by atoms with Gasteiger partial charge in [-0.2, -0.15) is 0 Å². The number of dihydropyridines is 1. The quantitative estimate of drug-likeness (QED) is 0.0591. The lowest BCUT2D eigenvalue weighted by Crippen LogP contribution is -2.84. The fourth-order valence-corrected chi connectivity index (χ4v) is 13.8. The zero-order valence-corrected chi connectivity index (χ0v) is 41.1. The van der Waals surface area contributed by atoms with E-state index in [9.17, 15) is 55.5 Å². The molecule has 1 spiro atoms. The second kappa shape index (κ2) is 18.4. The molecule has 4 aliphatic carbocycles. The minimum atomic E-state index is -2.79. The number of nitrogens with two attached hydrogens (primary N) is 2. The van der Waals surface area contributed by atoms with Gasteiger partial charge >= 0.3 is 5.97 Å². The molecular formula is C55H58N6O16. The molecule has 0 amide bonds. The van der Waals surface area contributed by atoms with Gasteiger partial charge in [0.05, 0.1) is 12.4 Å². The third kappa shape index (κ3) is 7.49. The number of phenols is 2. The summed E-state index contributed by atoms with van der Waals surface area (Å²) in [6, 6.07) is 16.0. The Kier molecular flexibility index (Phi) is 12.0. The van der Waals surface area contributed by atoms with Crippen molar-refractivity contribution in [2.75, 3.05) is 32.1 Å². The second-order valence-corrected chi connectivity index (χ2v) is 21.0. The summed E-state index contributed by atoms with van der Waals surface area (Å²) >= 11 is 0. The number of hydrogen-bond donors (Lipinski definition) is 15. The molecule has 3 aliphatic heterocycles. The highest BCUT2D eigenvalue weighted by atomic mass is 16.7. The lowest BCUT2D eigenvalue weighted by molar-refractivity contribution is -0.362. The first-order valence-corrected chi connectivity index (χ1v) is 25.4. The number of aliphatic hydroxyl groups excluding tert-OH is 4. The van der Waals surface area contributed by atoms with Crippen molar-refractivity contribution in [2.24, 2.45) is 28.4 Å². The van der Waals surface area contributed by atoms with Crippen LogP contribution < -0.4 is 47.1 Å². The van der Waals surface area contributed by atoms with Crippen molar-refractivity contribution in [3.63, 3.8) is 0 Å². The van der Waals surface area contributed by atoms with E-state index in [1.165, 1.54) is 54.6 Å². The monoisotopic (exact) mass is 1060 g/mol. The molecule has 2 bridgehead atoms. The van der Waals surface area contributed by atoms with E-state index in [0.29, 0.717) is 54.5 Å². The van der Waals surface area contributed by atoms with Crippen LogP contribution in [-0.2, 0) is 9.53 Å². The summed E-state index contributed by atoms with van der Waals surface area (Å²) in [6.45, 7) is 0.368. The SMILES string of the molecule is NC1=CC2=C(C=C[C@H]3CC[C@@H]4CC[C@@]5([C@H]6CNCN6)C(=C[C@]6(O)[C@H](Oc7cc8oc(-c9ccc(O[C@@H](CO)[C@H](O)c%10ccc(N)[nH]%10)cc9)cc(=O)c8c(O)c7O[C@H](O)c7cccc(O)c7)O[C@H](C(=O)O)[C@]5(O)[C@H]6O)[C@@]243)CN1. The van der Waals surface area contributed by atoms with Crippen molar-refractivity contribution < 1.29 is 74.1 Å². The van der Waals surface area contributed by atoms with Crippen LogP contribution in [0.3, 0.4) is 0 Å². The van der Waals surface area contributed by atoms with Gasteiger partial charge in [-0.3, -0.25) is 10.1 Å². The summed E-state index contributed by atoms with van der Waals surface area (Å²) in [6.07, 6.45) is -1.57. The van der Waals surface area contributed by atoms with Gasteiger partial charge in [-0.25, -0.2) is 4.79 Å². The predicted molar refractivity (Wildman–Crippen MR) is 272 cm³/mol.